The molecule has 180 valence electrons. The van der Waals surface area contributed by atoms with E-state index in [9.17, 15) is 18.8 Å². The third kappa shape index (κ3) is 5.94. The van der Waals surface area contributed by atoms with E-state index in [-0.39, 0.29) is 34.7 Å². The summed E-state index contributed by atoms with van der Waals surface area (Å²) < 4.78 is 25.0. The summed E-state index contributed by atoms with van der Waals surface area (Å²) in [6.07, 6.45) is 0.562. The van der Waals surface area contributed by atoms with E-state index in [0.717, 1.165) is 0 Å². The normalized spacial score (nSPS) is 10.9. The fraction of sp³-hybridized carbons (Fsp3) is 0.208. The van der Waals surface area contributed by atoms with Crippen molar-refractivity contribution in [2.75, 3.05) is 18.5 Å². The minimum absolute atomic E-state index is 0.122. The number of hydrogen-bond acceptors (Lipinski definition) is 8. The van der Waals surface area contributed by atoms with Gasteiger partial charge in [0.1, 0.15) is 17.4 Å². The fourth-order valence-corrected chi connectivity index (χ4v) is 4.06. The molecule has 0 aliphatic rings. The number of hydrogen-bond donors (Lipinski definition) is 1. The Morgan fingerprint density at radius 1 is 1.14 bits per heavy atom. The molecule has 0 saturated carbocycles. The SMILES string of the molecule is CCOCCc1nn2c(=O)cc(COC(=O)c3ccccc3NC(=O)c3ccc(F)cc3)nc2s1. The second-order valence-electron chi connectivity index (χ2n) is 7.31. The van der Waals surface area contributed by atoms with E-state index in [1.807, 2.05) is 6.92 Å². The molecule has 0 radical (unpaired) electrons. The molecule has 11 heteroatoms. The molecule has 0 aliphatic carbocycles. The third-order valence-corrected chi connectivity index (χ3v) is 5.83. The highest BCUT2D eigenvalue weighted by atomic mass is 32.1. The predicted molar refractivity (Wildman–Crippen MR) is 127 cm³/mol. The Hall–Kier alpha value is -3.96. The second kappa shape index (κ2) is 11.0. The average Bonchev–Trinajstić information content (AvgIpc) is 3.27. The number of ether oxygens (including phenoxy) is 2. The van der Waals surface area contributed by atoms with E-state index < -0.39 is 17.7 Å². The van der Waals surface area contributed by atoms with Crippen molar-refractivity contribution in [1.29, 1.82) is 0 Å². The molecule has 35 heavy (non-hydrogen) atoms. The summed E-state index contributed by atoms with van der Waals surface area (Å²) in [5.74, 6) is -1.67. The molecule has 2 heterocycles. The van der Waals surface area contributed by atoms with E-state index in [0.29, 0.717) is 29.6 Å². The van der Waals surface area contributed by atoms with Gasteiger partial charge < -0.3 is 14.8 Å². The topological polar surface area (TPSA) is 112 Å². The number of esters is 1. The van der Waals surface area contributed by atoms with Gasteiger partial charge in [0.05, 0.1) is 23.6 Å². The van der Waals surface area contributed by atoms with Crippen molar-refractivity contribution in [3.05, 3.63) is 92.6 Å². The Bertz CT molecular complexity index is 1420. The number of nitrogens with zero attached hydrogens (tertiary/aromatic N) is 3. The molecule has 2 aromatic heterocycles. The number of fused-ring (bicyclic) bond motifs is 1. The number of carbonyl (C=O) groups excluding carboxylic acids is 2. The Balaban J connectivity index is 1.45. The van der Waals surface area contributed by atoms with Crippen molar-refractivity contribution in [3.63, 3.8) is 0 Å². The fourth-order valence-electron chi connectivity index (χ4n) is 3.16. The van der Waals surface area contributed by atoms with Crippen LogP contribution in [0.15, 0.2) is 59.4 Å². The maximum atomic E-state index is 13.1. The van der Waals surface area contributed by atoms with Crippen LogP contribution >= 0.6 is 11.3 Å². The van der Waals surface area contributed by atoms with Gasteiger partial charge >= 0.3 is 5.97 Å². The lowest BCUT2D eigenvalue weighted by Gasteiger charge is -2.11. The molecule has 4 rings (SSSR count). The molecule has 0 atom stereocenters. The molecule has 0 fully saturated rings. The number of anilines is 1. The van der Waals surface area contributed by atoms with Gasteiger partial charge in [-0.2, -0.15) is 9.61 Å². The first kappa shape index (κ1) is 24.2. The molecular formula is C24H21FN4O5S. The Labute approximate surface area is 203 Å². The highest BCUT2D eigenvalue weighted by molar-refractivity contribution is 7.16. The summed E-state index contributed by atoms with van der Waals surface area (Å²) in [5.41, 5.74) is 0.481. The molecule has 0 spiro atoms. The molecule has 1 N–H and O–H groups in total. The monoisotopic (exact) mass is 496 g/mol. The van der Waals surface area contributed by atoms with Crippen LogP contribution < -0.4 is 10.9 Å². The van der Waals surface area contributed by atoms with Crippen molar-refractivity contribution in [2.24, 2.45) is 0 Å². The van der Waals surface area contributed by atoms with Crippen LogP contribution in [-0.4, -0.2) is 39.7 Å². The first-order valence-corrected chi connectivity index (χ1v) is 11.6. The molecule has 2 aromatic carbocycles. The van der Waals surface area contributed by atoms with Gasteiger partial charge in [0.2, 0.25) is 4.96 Å². The van der Waals surface area contributed by atoms with Gasteiger partial charge in [-0.25, -0.2) is 14.2 Å². The summed E-state index contributed by atoms with van der Waals surface area (Å²) >= 11 is 1.26. The summed E-state index contributed by atoms with van der Waals surface area (Å²) in [6, 6.07) is 12.6. The predicted octanol–water partition coefficient (Wildman–Crippen LogP) is 3.48. The summed E-state index contributed by atoms with van der Waals surface area (Å²) in [5, 5.41) is 7.59. The molecule has 4 aromatic rings. The summed E-state index contributed by atoms with van der Waals surface area (Å²) in [6.45, 7) is 2.75. The molecule has 0 aliphatic heterocycles. The average molecular weight is 497 g/mol. The number of rotatable bonds is 9. The van der Waals surface area contributed by atoms with E-state index >= 15 is 0 Å². The molecule has 9 nitrogen and oxygen atoms in total. The summed E-state index contributed by atoms with van der Waals surface area (Å²) in [4.78, 5) is 42.4. The van der Waals surface area contributed by atoms with Crippen molar-refractivity contribution in [3.8, 4) is 0 Å². The zero-order chi connectivity index (χ0) is 24.8. The Morgan fingerprint density at radius 3 is 2.69 bits per heavy atom. The van der Waals surface area contributed by atoms with Gasteiger partial charge in [0, 0.05) is 24.7 Å². The molecule has 1 amide bonds. The van der Waals surface area contributed by atoms with Crippen molar-refractivity contribution >= 4 is 33.9 Å². The Kier molecular flexibility index (Phi) is 7.58. The third-order valence-electron chi connectivity index (χ3n) is 4.86. The number of benzene rings is 2. The molecule has 0 bridgehead atoms. The standard InChI is InChI=1S/C24H21FN4O5S/c1-2-33-12-11-20-28-29-21(30)13-17(26-24(29)35-20)14-34-23(32)18-5-3-4-6-19(18)27-22(31)15-7-9-16(25)10-8-15/h3-10,13H,2,11-12,14H2,1H3,(H,27,31). The van der Waals surface area contributed by atoms with Gasteiger partial charge in [0.25, 0.3) is 11.5 Å². The van der Waals surface area contributed by atoms with Gasteiger partial charge in [-0.05, 0) is 43.3 Å². The van der Waals surface area contributed by atoms with Gasteiger partial charge in [0.15, 0.2) is 0 Å². The number of halogens is 1. The maximum absolute atomic E-state index is 13.1. The lowest BCUT2D eigenvalue weighted by molar-refractivity contribution is 0.0469. The largest absolute Gasteiger partial charge is 0.456 e. The van der Waals surface area contributed by atoms with Crippen LogP contribution in [0.4, 0.5) is 10.1 Å². The van der Waals surface area contributed by atoms with Gasteiger partial charge in [-0.1, -0.05) is 23.5 Å². The number of para-hydroxylation sites is 1. The van der Waals surface area contributed by atoms with Crippen LogP contribution in [0.1, 0.15) is 38.3 Å². The van der Waals surface area contributed by atoms with Crippen LogP contribution in [-0.2, 0) is 22.5 Å². The minimum atomic E-state index is -0.705. The maximum Gasteiger partial charge on any atom is 0.340 e. The zero-order valence-electron chi connectivity index (χ0n) is 18.7. The van der Waals surface area contributed by atoms with E-state index in [1.165, 1.54) is 52.3 Å². The van der Waals surface area contributed by atoms with Crippen molar-refractivity contribution in [1.82, 2.24) is 14.6 Å². The number of amides is 1. The molecule has 0 unspecified atom stereocenters. The van der Waals surface area contributed by atoms with Gasteiger partial charge in [-0.3, -0.25) is 9.59 Å². The lowest BCUT2D eigenvalue weighted by Crippen LogP contribution is -2.18. The zero-order valence-corrected chi connectivity index (χ0v) is 19.5. The Morgan fingerprint density at radius 2 is 1.91 bits per heavy atom. The first-order chi connectivity index (χ1) is 16.9. The van der Waals surface area contributed by atoms with Crippen LogP contribution in [0, 0.1) is 5.82 Å². The van der Waals surface area contributed by atoms with Crippen LogP contribution in [0.25, 0.3) is 4.96 Å². The van der Waals surface area contributed by atoms with Crippen LogP contribution in [0.2, 0.25) is 0 Å². The summed E-state index contributed by atoms with van der Waals surface area (Å²) in [7, 11) is 0. The van der Waals surface area contributed by atoms with E-state index in [1.54, 1.807) is 18.2 Å². The van der Waals surface area contributed by atoms with E-state index in [2.05, 4.69) is 15.4 Å². The van der Waals surface area contributed by atoms with Gasteiger partial charge in [-0.15, -0.1) is 0 Å². The van der Waals surface area contributed by atoms with E-state index in [4.69, 9.17) is 9.47 Å². The first-order valence-electron chi connectivity index (χ1n) is 10.7. The molecule has 0 saturated heterocycles. The quantitative estimate of drug-likeness (QED) is 0.279. The lowest BCUT2D eigenvalue weighted by atomic mass is 10.1. The number of aromatic nitrogens is 3. The molecular weight excluding hydrogens is 475 g/mol. The van der Waals surface area contributed by atoms with Crippen molar-refractivity contribution < 1.29 is 23.5 Å². The second-order valence-corrected chi connectivity index (χ2v) is 8.35. The number of carbonyl (C=O) groups is 2. The minimum Gasteiger partial charge on any atom is -0.456 e. The highest BCUT2D eigenvalue weighted by Crippen LogP contribution is 2.19. The number of nitrogens with one attached hydrogen (secondary N) is 1. The highest BCUT2D eigenvalue weighted by Gasteiger charge is 2.17. The smallest absolute Gasteiger partial charge is 0.340 e. The van der Waals surface area contributed by atoms with Crippen LogP contribution in [0.3, 0.4) is 0 Å². The van der Waals surface area contributed by atoms with Crippen LogP contribution in [0.5, 0.6) is 0 Å². The van der Waals surface area contributed by atoms with Crippen molar-refractivity contribution in [2.45, 2.75) is 20.0 Å².